The van der Waals surface area contributed by atoms with Gasteiger partial charge in [0.15, 0.2) is 0 Å². The Hall–Kier alpha value is -1.72. The Morgan fingerprint density at radius 3 is 2.65 bits per heavy atom. The smallest absolute Gasteiger partial charge is 0.238 e. The Bertz CT molecular complexity index is 470. The fraction of sp³-hybridized carbons (Fsp3) is 0.400. The average Bonchev–Trinajstić information content (AvgIpc) is 2.41. The molecular formula is C15H20FN3O. The summed E-state index contributed by atoms with van der Waals surface area (Å²) in [5.74, 6) is -0.450. The molecular weight excluding hydrogens is 257 g/mol. The molecule has 0 saturated carbocycles. The first-order chi connectivity index (χ1) is 9.67. The molecule has 1 saturated heterocycles. The van der Waals surface area contributed by atoms with E-state index in [9.17, 15) is 9.18 Å². The molecule has 20 heavy (non-hydrogen) atoms. The summed E-state index contributed by atoms with van der Waals surface area (Å²) < 4.78 is 13.0. The third-order valence-corrected chi connectivity index (χ3v) is 3.33. The van der Waals surface area contributed by atoms with Gasteiger partial charge in [-0.05, 0) is 18.2 Å². The number of carbonyl (C=O) groups excluding carboxylic acids is 1. The molecule has 1 aliphatic rings. The Morgan fingerprint density at radius 1 is 1.30 bits per heavy atom. The van der Waals surface area contributed by atoms with E-state index in [2.05, 4.69) is 21.7 Å². The van der Waals surface area contributed by atoms with Crippen molar-refractivity contribution in [1.29, 1.82) is 0 Å². The van der Waals surface area contributed by atoms with Crippen LogP contribution in [-0.2, 0) is 4.79 Å². The van der Waals surface area contributed by atoms with Crippen molar-refractivity contribution < 1.29 is 9.18 Å². The van der Waals surface area contributed by atoms with Crippen LogP contribution in [-0.4, -0.2) is 55.0 Å². The molecule has 1 fully saturated rings. The van der Waals surface area contributed by atoms with Crippen molar-refractivity contribution in [2.45, 2.75) is 0 Å². The molecule has 1 aromatic rings. The maximum atomic E-state index is 13.0. The van der Waals surface area contributed by atoms with E-state index < -0.39 is 0 Å². The Labute approximate surface area is 118 Å². The average molecular weight is 277 g/mol. The van der Waals surface area contributed by atoms with Gasteiger partial charge in [0.25, 0.3) is 0 Å². The van der Waals surface area contributed by atoms with Crippen molar-refractivity contribution in [3.05, 3.63) is 42.7 Å². The van der Waals surface area contributed by atoms with E-state index in [0.717, 1.165) is 32.7 Å². The number of rotatable bonds is 5. The molecule has 0 atom stereocenters. The van der Waals surface area contributed by atoms with Crippen molar-refractivity contribution in [2.24, 2.45) is 0 Å². The number of anilines is 1. The van der Waals surface area contributed by atoms with Crippen molar-refractivity contribution in [1.82, 2.24) is 9.80 Å². The molecule has 4 nitrogen and oxygen atoms in total. The van der Waals surface area contributed by atoms with E-state index in [1.807, 2.05) is 6.08 Å². The molecule has 1 aromatic carbocycles. The summed E-state index contributed by atoms with van der Waals surface area (Å²) in [6.07, 6.45) is 1.90. The molecule has 1 aliphatic heterocycles. The lowest BCUT2D eigenvalue weighted by Crippen LogP contribution is -2.48. The minimum Gasteiger partial charge on any atom is -0.325 e. The molecule has 0 unspecified atom stereocenters. The third kappa shape index (κ3) is 4.43. The lowest BCUT2D eigenvalue weighted by Gasteiger charge is -2.33. The van der Waals surface area contributed by atoms with Crippen LogP contribution >= 0.6 is 0 Å². The van der Waals surface area contributed by atoms with Crippen molar-refractivity contribution in [2.75, 3.05) is 44.6 Å². The topological polar surface area (TPSA) is 35.6 Å². The fourth-order valence-electron chi connectivity index (χ4n) is 2.28. The van der Waals surface area contributed by atoms with E-state index in [0.29, 0.717) is 12.2 Å². The first-order valence-electron chi connectivity index (χ1n) is 6.78. The van der Waals surface area contributed by atoms with Crippen LogP contribution < -0.4 is 5.32 Å². The maximum absolute atomic E-state index is 13.0. The zero-order valence-electron chi connectivity index (χ0n) is 11.5. The van der Waals surface area contributed by atoms with Crippen LogP contribution in [0.3, 0.4) is 0 Å². The van der Waals surface area contributed by atoms with Crippen LogP contribution in [0, 0.1) is 5.82 Å². The molecule has 0 aliphatic carbocycles. The monoisotopic (exact) mass is 277 g/mol. The lowest BCUT2D eigenvalue weighted by atomic mass is 10.3. The summed E-state index contributed by atoms with van der Waals surface area (Å²) in [5, 5.41) is 2.72. The van der Waals surface area contributed by atoms with Gasteiger partial charge in [-0.15, -0.1) is 6.58 Å². The summed E-state index contributed by atoms with van der Waals surface area (Å²) in [7, 11) is 0. The van der Waals surface area contributed by atoms with E-state index in [1.54, 1.807) is 12.1 Å². The molecule has 1 heterocycles. The molecule has 0 radical (unpaired) electrons. The minimum absolute atomic E-state index is 0.104. The van der Waals surface area contributed by atoms with Crippen molar-refractivity contribution in [3.63, 3.8) is 0 Å². The number of piperazine rings is 1. The molecule has 2 rings (SSSR count). The summed E-state index contributed by atoms with van der Waals surface area (Å²) in [5.41, 5.74) is 0.500. The van der Waals surface area contributed by atoms with Crippen molar-refractivity contribution in [3.8, 4) is 0 Å². The quantitative estimate of drug-likeness (QED) is 0.830. The predicted octanol–water partition coefficient (Wildman–Crippen LogP) is 1.57. The van der Waals surface area contributed by atoms with Crippen LogP contribution in [0.15, 0.2) is 36.9 Å². The van der Waals surface area contributed by atoms with Gasteiger partial charge >= 0.3 is 0 Å². The van der Waals surface area contributed by atoms with Crippen molar-refractivity contribution >= 4 is 11.6 Å². The van der Waals surface area contributed by atoms with Crippen LogP contribution in [0.25, 0.3) is 0 Å². The van der Waals surface area contributed by atoms with E-state index in [1.165, 1.54) is 12.1 Å². The molecule has 108 valence electrons. The van der Waals surface area contributed by atoms with Crippen LogP contribution in [0.1, 0.15) is 0 Å². The fourth-order valence-corrected chi connectivity index (χ4v) is 2.28. The highest BCUT2D eigenvalue weighted by Crippen LogP contribution is 2.09. The first kappa shape index (κ1) is 14.7. The predicted molar refractivity (Wildman–Crippen MR) is 78.1 cm³/mol. The van der Waals surface area contributed by atoms with E-state index in [-0.39, 0.29) is 11.7 Å². The van der Waals surface area contributed by atoms with Gasteiger partial charge in [0.2, 0.25) is 5.91 Å². The number of nitrogens with one attached hydrogen (secondary N) is 1. The summed E-state index contributed by atoms with van der Waals surface area (Å²) in [4.78, 5) is 16.3. The number of nitrogens with zero attached hydrogens (tertiary/aromatic N) is 2. The van der Waals surface area contributed by atoms with Gasteiger partial charge in [0, 0.05) is 38.4 Å². The number of halogens is 1. The summed E-state index contributed by atoms with van der Waals surface area (Å²) in [6.45, 7) is 8.58. The van der Waals surface area contributed by atoms with Gasteiger partial charge in [-0.3, -0.25) is 14.6 Å². The summed E-state index contributed by atoms with van der Waals surface area (Å²) in [6, 6.07) is 5.94. The largest absolute Gasteiger partial charge is 0.325 e. The minimum atomic E-state index is -0.346. The number of hydrogen-bond donors (Lipinski definition) is 1. The first-order valence-corrected chi connectivity index (χ1v) is 6.78. The Kier molecular flexibility index (Phi) is 5.26. The highest BCUT2D eigenvalue weighted by Gasteiger charge is 2.18. The Balaban J connectivity index is 1.77. The summed E-state index contributed by atoms with van der Waals surface area (Å²) >= 11 is 0. The van der Waals surface area contributed by atoms with Crippen LogP contribution in [0.4, 0.5) is 10.1 Å². The van der Waals surface area contributed by atoms with Gasteiger partial charge in [0.1, 0.15) is 5.82 Å². The molecule has 5 heteroatoms. The molecule has 1 N–H and O–H groups in total. The highest BCUT2D eigenvalue weighted by molar-refractivity contribution is 5.92. The van der Waals surface area contributed by atoms with Gasteiger partial charge < -0.3 is 5.32 Å². The lowest BCUT2D eigenvalue weighted by molar-refractivity contribution is -0.117. The zero-order valence-corrected chi connectivity index (χ0v) is 11.5. The second-order valence-corrected chi connectivity index (χ2v) is 4.92. The maximum Gasteiger partial charge on any atom is 0.238 e. The van der Waals surface area contributed by atoms with Crippen LogP contribution in [0.2, 0.25) is 0 Å². The van der Waals surface area contributed by atoms with E-state index in [4.69, 9.17) is 0 Å². The third-order valence-electron chi connectivity index (χ3n) is 3.33. The van der Waals surface area contributed by atoms with Crippen LogP contribution in [0.5, 0.6) is 0 Å². The van der Waals surface area contributed by atoms with E-state index >= 15 is 0 Å². The van der Waals surface area contributed by atoms with Gasteiger partial charge in [-0.1, -0.05) is 12.1 Å². The SMILES string of the molecule is C=CCN1CCN(CC(=O)Nc2cccc(F)c2)CC1. The second kappa shape index (κ2) is 7.17. The second-order valence-electron chi connectivity index (χ2n) is 4.92. The number of benzene rings is 1. The molecule has 0 bridgehead atoms. The van der Waals surface area contributed by atoms with Gasteiger partial charge in [0.05, 0.1) is 6.54 Å². The number of carbonyl (C=O) groups is 1. The molecule has 1 amide bonds. The zero-order chi connectivity index (χ0) is 14.4. The number of amides is 1. The standard InChI is InChI=1S/C15H20FN3O/c1-2-6-18-7-9-19(10-8-18)12-15(20)17-14-5-3-4-13(16)11-14/h2-5,11H,1,6-10,12H2,(H,17,20). The number of hydrogen-bond acceptors (Lipinski definition) is 3. The van der Waals surface area contributed by atoms with Gasteiger partial charge in [-0.25, -0.2) is 4.39 Å². The van der Waals surface area contributed by atoms with Gasteiger partial charge in [-0.2, -0.15) is 0 Å². The molecule has 0 aromatic heterocycles. The Morgan fingerprint density at radius 2 is 2.00 bits per heavy atom. The highest BCUT2D eigenvalue weighted by atomic mass is 19.1. The normalized spacial score (nSPS) is 16.9. The molecule has 0 spiro atoms.